The molecule has 0 aliphatic rings. The number of nitrogens with zero attached hydrogens (tertiary/aromatic N) is 5. The fourth-order valence-corrected chi connectivity index (χ4v) is 2.95. The molecule has 0 aliphatic heterocycles. The van der Waals surface area contributed by atoms with Gasteiger partial charge in [-0.05, 0) is 25.1 Å². The first kappa shape index (κ1) is 17.8. The van der Waals surface area contributed by atoms with E-state index in [2.05, 4.69) is 35.3 Å². The van der Waals surface area contributed by atoms with Gasteiger partial charge in [-0.2, -0.15) is 4.98 Å². The van der Waals surface area contributed by atoms with Crippen LogP contribution in [0.4, 0.5) is 11.8 Å². The van der Waals surface area contributed by atoms with Gasteiger partial charge >= 0.3 is 0 Å². The van der Waals surface area contributed by atoms with E-state index in [1.807, 2.05) is 37.4 Å². The highest BCUT2D eigenvalue weighted by Gasteiger charge is 2.13. The van der Waals surface area contributed by atoms with Gasteiger partial charge in [-0.3, -0.25) is 4.98 Å². The third-order valence-electron chi connectivity index (χ3n) is 4.31. The van der Waals surface area contributed by atoms with Crippen LogP contribution in [0.2, 0.25) is 0 Å². The van der Waals surface area contributed by atoms with Crippen molar-refractivity contribution in [2.24, 2.45) is 0 Å². The lowest BCUT2D eigenvalue weighted by Gasteiger charge is -2.11. The number of hydrogen-bond donors (Lipinski definition) is 2. The number of aromatic nitrogens is 5. The molecule has 0 aromatic carbocycles. The summed E-state index contributed by atoms with van der Waals surface area (Å²) in [5.74, 6) is 2.77. The molecule has 0 amide bonds. The molecule has 4 heterocycles. The number of aryl methyl sites for hydroxylation is 1. The third-order valence-corrected chi connectivity index (χ3v) is 4.31. The average molecular weight is 379 g/mol. The molecule has 0 aliphatic carbocycles. The van der Waals surface area contributed by atoms with Crippen molar-refractivity contribution in [1.29, 1.82) is 0 Å². The van der Waals surface area contributed by atoms with Crippen molar-refractivity contribution in [3.63, 3.8) is 0 Å². The molecule has 4 aromatic heterocycles. The smallest absolute Gasteiger partial charge is 0.225 e. The molecule has 0 saturated heterocycles. The molecule has 144 valence electrons. The van der Waals surface area contributed by atoms with Gasteiger partial charge in [0.2, 0.25) is 5.95 Å². The highest BCUT2D eigenvalue weighted by molar-refractivity contribution is 5.87. The lowest BCUT2D eigenvalue weighted by atomic mass is 10.3. The van der Waals surface area contributed by atoms with Gasteiger partial charge in [-0.1, -0.05) is 5.16 Å². The van der Waals surface area contributed by atoms with Crippen molar-refractivity contribution < 1.29 is 9.26 Å². The van der Waals surface area contributed by atoms with Crippen molar-refractivity contribution in [3.05, 3.63) is 53.8 Å². The summed E-state index contributed by atoms with van der Waals surface area (Å²) in [6.07, 6.45) is 3.69. The second kappa shape index (κ2) is 7.55. The monoisotopic (exact) mass is 379 g/mol. The van der Waals surface area contributed by atoms with E-state index in [0.717, 1.165) is 33.9 Å². The Hall–Kier alpha value is -3.62. The molecule has 0 unspecified atom stereocenters. The third kappa shape index (κ3) is 3.59. The van der Waals surface area contributed by atoms with E-state index in [4.69, 9.17) is 9.26 Å². The summed E-state index contributed by atoms with van der Waals surface area (Å²) in [6.45, 7) is 2.96. The summed E-state index contributed by atoms with van der Waals surface area (Å²) >= 11 is 0. The van der Waals surface area contributed by atoms with Gasteiger partial charge in [0.25, 0.3) is 0 Å². The zero-order valence-corrected chi connectivity index (χ0v) is 15.9. The Morgan fingerprint density at radius 2 is 2.07 bits per heavy atom. The molecule has 9 heteroatoms. The van der Waals surface area contributed by atoms with E-state index in [1.165, 1.54) is 0 Å². The minimum atomic E-state index is 0.499. The predicted octanol–water partition coefficient (Wildman–Crippen LogP) is 2.83. The fraction of sp³-hybridized carbons (Fsp3) is 0.263. The first-order valence-corrected chi connectivity index (χ1v) is 8.86. The van der Waals surface area contributed by atoms with E-state index in [1.54, 1.807) is 20.4 Å². The molecule has 4 rings (SSSR count). The summed E-state index contributed by atoms with van der Waals surface area (Å²) in [5, 5.41) is 10.4. The lowest BCUT2D eigenvalue weighted by Crippen LogP contribution is -2.08. The molecular weight excluding hydrogens is 358 g/mol. The molecule has 0 fully saturated rings. The quantitative estimate of drug-likeness (QED) is 0.505. The molecule has 0 spiro atoms. The topological polar surface area (TPSA) is 103 Å². The van der Waals surface area contributed by atoms with Crippen LogP contribution in [-0.2, 0) is 13.1 Å². The molecule has 0 saturated carbocycles. The number of nitrogens with one attached hydrogen (secondary N) is 2. The summed E-state index contributed by atoms with van der Waals surface area (Å²) in [5.41, 5.74) is 3.46. The summed E-state index contributed by atoms with van der Waals surface area (Å²) in [6, 6.07) is 7.70. The molecular formula is C19H21N7O2. The number of hydrogen-bond acceptors (Lipinski definition) is 8. The number of pyridine rings is 1. The number of methoxy groups -OCH3 is 1. The Bertz CT molecular complexity index is 1090. The number of anilines is 2. The largest absolute Gasteiger partial charge is 0.495 e. The first-order valence-electron chi connectivity index (χ1n) is 8.86. The second-order valence-corrected chi connectivity index (χ2v) is 6.30. The number of ether oxygens (including phenoxy) is 1. The number of fused-ring (bicyclic) bond motifs is 1. The van der Waals surface area contributed by atoms with Crippen molar-refractivity contribution in [2.45, 2.75) is 20.0 Å². The van der Waals surface area contributed by atoms with Crippen molar-refractivity contribution >= 4 is 22.8 Å². The zero-order valence-electron chi connectivity index (χ0n) is 15.9. The SMILES string of the molecule is CNc1nc(NCc2cc(C)on2)c2c(ccn2Cc2ccc(OC)cn2)n1. The molecule has 0 bridgehead atoms. The van der Waals surface area contributed by atoms with Crippen LogP contribution in [0.3, 0.4) is 0 Å². The van der Waals surface area contributed by atoms with Crippen molar-refractivity contribution in [1.82, 2.24) is 24.7 Å². The summed E-state index contributed by atoms with van der Waals surface area (Å²) < 4.78 is 12.4. The van der Waals surface area contributed by atoms with Gasteiger partial charge in [0, 0.05) is 19.3 Å². The Labute approximate surface area is 161 Å². The van der Waals surface area contributed by atoms with Crippen LogP contribution in [0.15, 0.2) is 41.2 Å². The van der Waals surface area contributed by atoms with Gasteiger partial charge in [-0.25, -0.2) is 4.98 Å². The van der Waals surface area contributed by atoms with Gasteiger partial charge < -0.3 is 24.5 Å². The Balaban J connectivity index is 1.66. The maximum Gasteiger partial charge on any atom is 0.225 e. The van der Waals surface area contributed by atoms with E-state index in [-0.39, 0.29) is 0 Å². The predicted molar refractivity (Wildman–Crippen MR) is 106 cm³/mol. The highest BCUT2D eigenvalue weighted by atomic mass is 16.5. The van der Waals surface area contributed by atoms with Gasteiger partial charge in [-0.15, -0.1) is 0 Å². The summed E-state index contributed by atoms with van der Waals surface area (Å²) in [4.78, 5) is 13.6. The second-order valence-electron chi connectivity index (χ2n) is 6.30. The molecule has 28 heavy (non-hydrogen) atoms. The van der Waals surface area contributed by atoms with Gasteiger partial charge in [0.1, 0.15) is 22.7 Å². The Morgan fingerprint density at radius 1 is 1.18 bits per heavy atom. The molecule has 2 N–H and O–H groups in total. The van der Waals surface area contributed by atoms with Gasteiger partial charge in [0.05, 0.1) is 37.6 Å². The average Bonchev–Trinajstić information content (AvgIpc) is 3.32. The molecule has 0 radical (unpaired) electrons. The molecule has 0 atom stereocenters. The van der Waals surface area contributed by atoms with Crippen LogP contribution in [0.25, 0.3) is 11.0 Å². The van der Waals surface area contributed by atoms with Crippen molar-refractivity contribution in [2.75, 3.05) is 24.8 Å². The van der Waals surface area contributed by atoms with E-state index < -0.39 is 0 Å². The Morgan fingerprint density at radius 3 is 2.75 bits per heavy atom. The van der Waals surface area contributed by atoms with E-state index >= 15 is 0 Å². The van der Waals surface area contributed by atoms with Crippen LogP contribution >= 0.6 is 0 Å². The Kier molecular flexibility index (Phi) is 4.79. The first-order chi connectivity index (χ1) is 13.7. The van der Waals surface area contributed by atoms with Crippen molar-refractivity contribution in [3.8, 4) is 5.75 Å². The minimum Gasteiger partial charge on any atom is -0.495 e. The number of rotatable bonds is 7. The van der Waals surface area contributed by atoms with Gasteiger partial charge in [0.15, 0.2) is 5.82 Å². The maximum absolute atomic E-state index is 5.18. The maximum atomic E-state index is 5.18. The van der Waals surface area contributed by atoms with E-state index in [9.17, 15) is 0 Å². The zero-order chi connectivity index (χ0) is 19.5. The van der Waals surface area contributed by atoms with Crippen LogP contribution < -0.4 is 15.4 Å². The van der Waals surface area contributed by atoms with E-state index in [0.29, 0.717) is 24.9 Å². The van der Waals surface area contributed by atoms with Crippen LogP contribution in [0.1, 0.15) is 17.1 Å². The minimum absolute atomic E-state index is 0.499. The standard InChI is InChI=1S/C19H21N7O2/c1-12-8-14(25-28-12)9-22-18-17-16(23-19(20-2)24-18)6-7-26(17)11-13-4-5-15(27-3)10-21-13/h4-8,10H,9,11H2,1-3H3,(H2,20,22,23,24). The lowest BCUT2D eigenvalue weighted by molar-refractivity contribution is 0.391. The highest BCUT2D eigenvalue weighted by Crippen LogP contribution is 2.25. The van der Waals surface area contributed by atoms with Crippen LogP contribution in [0, 0.1) is 6.92 Å². The molecule has 4 aromatic rings. The van der Waals surface area contributed by atoms with Crippen LogP contribution in [-0.4, -0.2) is 38.8 Å². The molecule has 9 nitrogen and oxygen atoms in total. The van der Waals surface area contributed by atoms with Crippen LogP contribution in [0.5, 0.6) is 5.75 Å². The summed E-state index contributed by atoms with van der Waals surface area (Å²) in [7, 11) is 3.42. The normalized spacial score (nSPS) is 11.0. The fourth-order valence-electron chi connectivity index (χ4n) is 2.95.